The molecule has 0 saturated carbocycles. The van der Waals surface area contributed by atoms with Gasteiger partial charge in [0, 0.05) is 13.1 Å². The Labute approximate surface area is 147 Å². The van der Waals surface area contributed by atoms with Gasteiger partial charge in [-0.05, 0) is 19.1 Å². The number of aliphatic carboxylic acids is 1. The fraction of sp³-hybridized carbons (Fsp3) is 0.467. The van der Waals surface area contributed by atoms with Gasteiger partial charge in [0.25, 0.3) is 0 Å². The zero-order chi connectivity index (χ0) is 19.9. The van der Waals surface area contributed by atoms with E-state index in [4.69, 9.17) is 5.11 Å². The van der Waals surface area contributed by atoms with E-state index >= 15 is 0 Å². The Balaban J connectivity index is 2.49. The number of nitrogens with zero attached hydrogens (tertiary/aromatic N) is 1. The van der Waals surface area contributed by atoms with Gasteiger partial charge in [0.15, 0.2) is 0 Å². The van der Waals surface area contributed by atoms with Crippen molar-refractivity contribution in [3.63, 3.8) is 0 Å². The van der Waals surface area contributed by atoms with Gasteiger partial charge in [0.05, 0.1) is 29.4 Å². The van der Waals surface area contributed by atoms with Crippen LogP contribution in [0.3, 0.4) is 0 Å². The van der Waals surface area contributed by atoms with Gasteiger partial charge >= 0.3 is 18.1 Å². The molecule has 0 radical (unpaired) electrons. The molecule has 1 aromatic carbocycles. The molecule has 0 unspecified atom stereocenters. The van der Waals surface area contributed by atoms with E-state index in [1.807, 2.05) is 0 Å². The van der Waals surface area contributed by atoms with Crippen LogP contribution in [0.4, 0.5) is 13.2 Å². The van der Waals surface area contributed by atoms with E-state index in [1.54, 1.807) is 6.92 Å². The third kappa shape index (κ3) is 3.68. The second-order valence-corrected chi connectivity index (χ2v) is 7.81. The smallest absolute Gasteiger partial charge is 0.393 e. The maximum absolute atomic E-state index is 13.1. The number of aryl methyl sites for hydroxylation is 1. The number of methoxy groups -OCH3 is 1. The Bertz CT molecular complexity index is 836. The lowest BCUT2D eigenvalue weighted by molar-refractivity contribution is -0.187. The molecule has 1 N–H and O–H groups in total. The SMILES string of the molecule is COC(=O)c1cc(C)ccc1S(=O)(=O)N1C[C@@H](C(F)(F)F)[C@H](C(=O)O)C1. The number of ether oxygens (including phenoxy) is 1. The van der Waals surface area contributed by atoms with Crippen molar-refractivity contribution >= 4 is 22.0 Å². The minimum atomic E-state index is -4.87. The Morgan fingerprint density at radius 1 is 1.27 bits per heavy atom. The normalized spacial score (nSPS) is 21.6. The van der Waals surface area contributed by atoms with Gasteiger partial charge in [0.1, 0.15) is 0 Å². The van der Waals surface area contributed by atoms with Crippen molar-refractivity contribution in [2.75, 3.05) is 20.2 Å². The summed E-state index contributed by atoms with van der Waals surface area (Å²) in [6, 6.07) is 3.71. The van der Waals surface area contributed by atoms with E-state index in [0.717, 1.165) is 13.2 Å². The van der Waals surface area contributed by atoms with Crippen molar-refractivity contribution in [1.29, 1.82) is 0 Å². The number of carbonyl (C=O) groups excluding carboxylic acids is 1. The first-order valence-corrected chi connectivity index (χ1v) is 8.82. The number of hydrogen-bond acceptors (Lipinski definition) is 5. The number of sulfonamides is 1. The summed E-state index contributed by atoms with van der Waals surface area (Å²) in [7, 11) is -3.49. The van der Waals surface area contributed by atoms with Crippen LogP contribution in [0.1, 0.15) is 15.9 Å². The minimum Gasteiger partial charge on any atom is -0.481 e. The fourth-order valence-corrected chi connectivity index (χ4v) is 4.48. The lowest BCUT2D eigenvalue weighted by atomic mass is 9.96. The number of benzene rings is 1. The van der Waals surface area contributed by atoms with Crippen LogP contribution < -0.4 is 0 Å². The van der Waals surface area contributed by atoms with E-state index in [9.17, 15) is 31.2 Å². The predicted molar refractivity (Wildman–Crippen MR) is 81.9 cm³/mol. The van der Waals surface area contributed by atoms with Crippen LogP contribution in [0.5, 0.6) is 0 Å². The highest BCUT2D eigenvalue weighted by Crippen LogP contribution is 2.40. The first kappa shape index (κ1) is 20.2. The summed E-state index contributed by atoms with van der Waals surface area (Å²) in [5, 5.41) is 9.02. The molecule has 11 heteroatoms. The standard InChI is InChI=1S/C15H16F3NO6S/c1-8-3-4-12(9(5-8)14(22)25-2)26(23,24)19-6-10(13(20)21)11(7-19)15(16,17)18/h3-5,10-11H,6-7H2,1-2H3,(H,20,21)/t10-,11-/m1/s1. The van der Waals surface area contributed by atoms with Gasteiger partial charge in [-0.25, -0.2) is 13.2 Å². The number of carboxylic acids is 1. The monoisotopic (exact) mass is 395 g/mol. The highest BCUT2D eigenvalue weighted by Gasteiger charge is 2.55. The molecule has 1 aromatic rings. The van der Waals surface area contributed by atoms with Gasteiger partial charge in [-0.1, -0.05) is 11.6 Å². The quantitative estimate of drug-likeness (QED) is 0.779. The van der Waals surface area contributed by atoms with Crippen LogP contribution in [0.25, 0.3) is 0 Å². The molecule has 0 bridgehead atoms. The van der Waals surface area contributed by atoms with Crippen LogP contribution in [0.15, 0.2) is 23.1 Å². The number of carboxylic acid groups (broad SMARTS) is 1. The molecule has 1 aliphatic rings. The lowest BCUT2D eigenvalue weighted by Crippen LogP contribution is -2.34. The highest BCUT2D eigenvalue weighted by atomic mass is 32.2. The minimum absolute atomic E-state index is 0.324. The third-order valence-corrected chi connectivity index (χ3v) is 6.07. The number of halogens is 3. The van der Waals surface area contributed by atoms with Crippen LogP contribution in [-0.4, -0.2) is 56.1 Å². The van der Waals surface area contributed by atoms with Crippen LogP contribution in [0.2, 0.25) is 0 Å². The maximum atomic E-state index is 13.1. The molecule has 1 fully saturated rings. The third-order valence-electron chi connectivity index (χ3n) is 4.18. The molecule has 0 amide bonds. The second-order valence-electron chi connectivity index (χ2n) is 5.91. The van der Waals surface area contributed by atoms with Crippen molar-refractivity contribution in [3.8, 4) is 0 Å². The Kier molecular flexibility index (Phi) is 5.34. The summed E-state index contributed by atoms with van der Waals surface area (Å²) in [5.74, 6) is -6.95. The summed E-state index contributed by atoms with van der Waals surface area (Å²) in [6.45, 7) is -0.271. The van der Waals surface area contributed by atoms with Crippen LogP contribution in [0, 0.1) is 18.8 Å². The summed E-state index contributed by atoms with van der Waals surface area (Å²) in [6.07, 6.45) is -4.87. The number of esters is 1. The molecular weight excluding hydrogens is 379 g/mol. The molecular formula is C15H16F3NO6S. The summed E-state index contributed by atoms with van der Waals surface area (Å²) >= 11 is 0. The summed E-state index contributed by atoms with van der Waals surface area (Å²) in [4.78, 5) is 22.5. The molecule has 0 aliphatic carbocycles. The molecule has 2 atom stereocenters. The number of hydrogen-bond donors (Lipinski definition) is 1. The molecule has 7 nitrogen and oxygen atoms in total. The van der Waals surface area contributed by atoms with Gasteiger partial charge < -0.3 is 9.84 Å². The molecule has 1 heterocycles. The predicted octanol–water partition coefficient (Wildman–Crippen LogP) is 1.67. The second kappa shape index (κ2) is 6.88. The molecule has 1 saturated heterocycles. The van der Waals surface area contributed by atoms with E-state index < -0.39 is 58.0 Å². The van der Waals surface area contributed by atoms with Gasteiger partial charge in [-0.15, -0.1) is 0 Å². The summed E-state index contributed by atoms with van der Waals surface area (Å²) < 4.78 is 69.8. The first-order chi connectivity index (χ1) is 11.9. The average molecular weight is 395 g/mol. The molecule has 144 valence electrons. The molecule has 2 rings (SSSR count). The molecule has 0 aromatic heterocycles. The van der Waals surface area contributed by atoms with Gasteiger partial charge in [0.2, 0.25) is 10.0 Å². The Hall–Kier alpha value is -2.14. The largest absolute Gasteiger partial charge is 0.481 e. The van der Waals surface area contributed by atoms with E-state index in [-0.39, 0.29) is 5.56 Å². The van der Waals surface area contributed by atoms with Crippen LogP contribution >= 0.6 is 0 Å². The zero-order valence-corrected chi connectivity index (χ0v) is 14.6. The topological polar surface area (TPSA) is 101 Å². The maximum Gasteiger partial charge on any atom is 0.393 e. The van der Waals surface area contributed by atoms with Crippen molar-refractivity contribution in [1.82, 2.24) is 4.31 Å². The zero-order valence-electron chi connectivity index (χ0n) is 13.8. The molecule has 0 spiro atoms. The van der Waals surface area contributed by atoms with Crippen LogP contribution in [-0.2, 0) is 19.6 Å². The first-order valence-electron chi connectivity index (χ1n) is 7.38. The van der Waals surface area contributed by atoms with E-state index in [1.165, 1.54) is 12.1 Å². The average Bonchev–Trinajstić information content (AvgIpc) is 3.00. The Morgan fingerprint density at radius 2 is 1.88 bits per heavy atom. The van der Waals surface area contributed by atoms with Crippen molar-refractivity contribution in [2.45, 2.75) is 18.0 Å². The number of carbonyl (C=O) groups is 2. The van der Waals surface area contributed by atoms with Crippen molar-refractivity contribution in [3.05, 3.63) is 29.3 Å². The number of rotatable bonds is 4. The van der Waals surface area contributed by atoms with E-state index in [2.05, 4.69) is 4.74 Å². The lowest BCUT2D eigenvalue weighted by Gasteiger charge is -2.19. The fourth-order valence-electron chi connectivity index (χ4n) is 2.82. The van der Waals surface area contributed by atoms with Gasteiger partial charge in [-0.2, -0.15) is 17.5 Å². The number of alkyl halides is 3. The van der Waals surface area contributed by atoms with Gasteiger partial charge in [-0.3, -0.25) is 4.79 Å². The highest BCUT2D eigenvalue weighted by molar-refractivity contribution is 7.89. The Morgan fingerprint density at radius 3 is 2.35 bits per heavy atom. The van der Waals surface area contributed by atoms with E-state index in [0.29, 0.717) is 9.87 Å². The van der Waals surface area contributed by atoms with Crippen molar-refractivity contribution in [2.24, 2.45) is 11.8 Å². The van der Waals surface area contributed by atoms with Crippen molar-refractivity contribution < 1.29 is 41.0 Å². The molecule has 1 aliphatic heterocycles. The molecule has 26 heavy (non-hydrogen) atoms. The summed E-state index contributed by atoms with van der Waals surface area (Å²) in [5.41, 5.74) is 0.220.